The molecule has 0 heterocycles. The monoisotopic (exact) mass is 248 g/mol. The maximum absolute atomic E-state index is 5.18. The van der Waals surface area contributed by atoms with Crippen LogP contribution >= 0.6 is 24.4 Å². The summed E-state index contributed by atoms with van der Waals surface area (Å²) in [5, 5.41) is 7.61. The number of thiocarbonyl (C=S) groups is 2. The highest BCUT2D eigenvalue weighted by atomic mass is 32.1. The lowest BCUT2D eigenvalue weighted by Crippen LogP contribution is -2.30. The minimum atomic E-state index is 0.0275. The Kier molecular flexibility index (Phi) is 6.22. The molecular weight excluding hydrogens is 236 g/mol. The second-order valence-corrected chi connectivity index (χ2v) is 3.15. The maximum Gasteiger partial charge on any atom is 0.254 e. The Morgan fingerprint density at radius 3 is 2.00 bits per heavy atom. The number of ether oxygens (including phenoxy) is 1. The summed E-state index contributed by atoms with van der Waals surface area (Å²) in [7, 11) is 1.43. The van der Waals surface area contributed by atoms with Gasteiger partial charge < -0.3 is 16.2 Å². The van der Waals surface area contributed by atoms with Gasteiger partial charge in [0.05, 0.1) is 7.11 Å². The van der Waals surface area contributed by atoms with E-state index >= 15 is 0 Å². The van der Waals surface area contributed by atoms with Gasteiger partial charge in [0.15, 0.2) is 10.2 Å². The normalized spacial score (nSPS) is 11.9. The molecule has 0 aliphatic heterocycles. The first-order chi connectivity index (χ1) is 6.97. The first-order valence-corrected chi connectivity index (χ1v) is 4.56. The number of hydrazone groups is 2. The molecule has 15 heavy (non-hydrogen) atoms. The van der Waals surface area contributed by atoms with Crippen molar-refractivity contribution in [3.8, 4) is 0 Å². The molecule has 0 aromatic heterocycles. The number of hydrogen-bond donors (Lipinski definition) is 4. The predicted octanol–water partition coefficient (Wildman–Crippen LogP) is -1.01. The van der Waals surface area contributed by atoms with E-state index in [1.54, 1.807) is 6.92 Å². The van der Waals surface area contributed by atoms with Gasteiger partial charge in [0.2, 0.25) is 0 Å². The number of nitrogens with zero attached hydrogens (tertiary/aromatic N) is 2. The van der Waals surface area contributed by atoms with E-state index in [-0.39, 0.29) is 16.1 Å². The van der Waals surface area contributed by atoms with Crippen LogP contribution in [0.2, 0.25) is 0 Å². The Hall–Kier alpha value is -1.48. The molecule has 0 saturated heterocycles. The largest absolute Gasteiger partial charge is 0.479 e. The smallest absolute Gasteiger partial charge is 0.254 e. The van der Waals surface area contributed by atoms with Gasteiger partial charge in [0, 0.05) is 0 Å². The molecule has 0 fully saturated rings. The van der Waals surface area contributed by atoms with Gasteiger partial charge in [-0.15, -0.1) is 5.10 Å². The molecule has 0 spiro atoms. The molecule has 0 unspecified atom stereocenters. The molecule has 0 bridgehead atoms. The predicted molar refractivity (Wildman–Crippen MR) is 67.4 cm³/mol. The highest BCUT2D eigenvalue weighted by molar-refractivity contribution is 7.80. The average Bonchev–Trinajstić information content (AvgIpc) is 2.15. The number of nitrogens with two attached hydrogens (primary N) is 2. The summed E-state index contributed by atoms with van der Waals surface area (Å²) >= 11 is 9.13. The van der Waals surface area contributed by atoms with Gasteiger partial charge in [-0.2, -0.15) is 5.10 Å². The average molecular weight is 248 g/mol. The summed E-state index contributed by atoms with van der Waals surface area (Å²) in [6, 6.07) is 0. The fourth-order valence-electron chi connectivity index (χ4n) is 0.567. The van der Waals surface area contributed by atoms with E-state index in [0.29, 0.717) is 5.71 Å². The van der Waals surface area contributed by atoms with Gasteiger partial charge in [-0.25, -0.2) is 0 Å². The van der Waals surface area contributed by atoms with Crippen molar-refractivity contribution in [1.29, 1.82) is 0 Å². The fraction of sp³-hybridized carbons (Fsp3) is 0.333. The number of hydrogen-bond acceptors (Lipinski definition) is 5. The lowest BCUT2D eigenvalue weighted by atomic mass is 10.4. The highest BCUT2D eigenvalue weighted by Crippen LogP contribution is 1.84. The molecule has 0 atom stereocenters. The standard InChI is InChI=1S/C6H12N6OS2/c1-3(9-11-5(7)14)4(13-2)10-12-6(8)15/h1-2H3,(H3,7,11,14)(H3,8,12,15). The zero-order chi connectivity index (χ0) is 11.8. The number of rotatable bonds is 3. The molecule has 7 nitrogen and oxygen atoms in total. The third-order valence-electron chi connectivity index (χ3n) is 1.10. The van der Waals surface area contributed by atoms with Gasteiger partial charge in [0.25, 0.3) is 5.90 Å². The first kappa shape index (κ1) is 13.5. The molecule has 6 N–H and O–H groups in total. The van der Waals surface area contributed by atoms with E-state index in [0.717, 1.165) is 0 Å². The minimum Gasteiger partial charge on any atom is -0.479 e. The summed E-state index contributed by atoms with van der Waals surface area (Å²) < 4.78 is 4.91. The molecule has 84 valence electrons. The summed E-state index contributed by atoms with van der Waals surface area (Å²) in [4.78, 5) is 0. The van der Waals surface area contributed by atoms with Crippen LogP contribution in [0.1, 0.15) is 6.92 Å². The molecule has 0 amide bonds. The summed E-state index contributed by atoms with van der Waals surface area (Å²) in [5.41, 5.74) is 15.6. The van der Waals surface area contributed by atoms with E-state index in [9.17, 15) is 0 Å². The Bertz CT molecular complexity index is 313. The number of nitrogens with one attached hydrogen (secondary N) is 2. The molecule has 0 aromatic rings. The highest BCUT2D eigenvalue weighted by Gasteiger charge is 2.03. The van der Waals surface area contributed by atoms with Crippen molar-refractivity contribution in [2.45, 2.75) is 6.92 Å². The summed E-state index contributed by atoms with van der Waals surface area (Å²) in [6.45, 7) is 1.65. The third kappa shape index (κ3) is 6.57. The molecule has 0 aromatic carbocycles. The summed E-state index contributed by atoms with van der Waals surface area (Å²) in [6.07, 6.45) is 0. The third-order valence-corrected chi connectivity index (χ3v) is 1.29. The van der Waals surface area contributed by atoms with Crippen LogP contribution in [-0.4, -0.2) is 28.9 Å². The molecule has 0 aliphatic rings. The van der Waals surface area contributed by atoms with Crippen LogP contribution < -0.4 is 22.3 Å². The molecule has 0 radical (unpaired) electrons. The van der Waals surface area contributed by atoms with Crippen molar-refractivity contribution < 1.29 is 4.74 Å². The van der Waals surface area contributed by atoms with Crippen molar-refractivity contribution in [3.05, 3.63) is 0 Å². The van der Waals surface area contributed by atoms with Crippen LogP contribution in [0.25, 0.3) is 0 Å². The minimum absolute atomic E-state index is 0.0275. The van der Waals surface area contributed by atoms with Crippen molar-refractivity contribution in [1.82, 2.24) is 10.9 Å². The second kappa shape index (κ2) is 6.90. The maximum atomic E-state index is 5.18. The van der Waals surface area contributed by atoms with Gasteiger partial charge in [0.1, 0.15) is 5.71 Å². The topological polar surface area (TPSA) is 110 Å². The van der Waals surface area contributed by atoms with E-state index in [1.807, 2.05) is 0 Å². The quantitative estimate of drug-likeness (QED) is 0.219. The fourth-order valence-corrected chi connectivity index (χ4v) is 0.658. The van der Waals surface area contributed by atoms with Crippen molar-refractivity contribution in [3.63, 3.8) is 0 Å². The lowest BCUT2D eigenvalue weighted by Gasteiger charge is -2.04. The zero-order valence-corrected chi connectivity index (χ0v) is 9.91. The first-order valence-electron chi connectivity index (χ1n) is 3.74. The number of methoxy groups -OCH3 is 1. The van der Waals surface area contributed by atoms with Crippen LogP contribution in [0, 0.1) is 0 Å². The van der Waals surface area contributed by atoms with Crippen molar-refractivity contribution in [2.24, 2.45) is 21.7 Å². The van der Waals surface area contributed by atoms with Crippen molar-refractivity contribution >= 4 is 46.3 Å². The van der Waals surface area contributed by atoms with Gasteiger partial charge in [-0.1, -0.05) is 0 Å². The molecule has 0 aliphatic carbocycles. The van der Waals surface area contributed by atoms with E-state index in [1.165, 1.54) is 7.11 Å². The second-order valence-electron chi connectivity index (χ2n) is 2.27. The van der Waals surface area contributed by atoms with Gasteiger partial charge in [-0.3, -0.25) is 10.9 Å². The Labute approximate surface area is 97.9 Å². The SMILES string of the molecule is COC(=NNC(N)=S)C(C)=NNC(N)=S. The van der Waals surface area contributed by atoms with Crippen molar-refractivity contribution in [2.75, 3.05) is 7.11 Å². The Balaban J connectivity index is 4.51. The van der Waals surface area contributed by atoms with Crippen LogP contribution in [-0.2, 0) is 4.74 Å². The Morgan fingerprint density at radius 1 is 1.13 bits per heavy atom. The molecule has 9 heteroatoms. The van der Waals surface area contributed by atoms with E-state index in [2.05, 4.69) is 45.5 Å². The van der Waals surface area contributed by atoms with Crippen LogP contribution in [0.5, 0.6) is 0 Å². The van der Waals surface area contributed by atoms with Gasteiger partial charge in [-0.05, 0) is 31.4 Å². The molecule has 0 saturated carbocycles. The van der Waals surface area contributed by atoms with Gasteiger partial charge >= 0.3 is 0 Å². The zero-order valence-electron chi connectivity index (χ0n) is 8.27. The molecular formula is C6H12N6OS2. The van der Waals surface area contributed by atoms with E-state index in [4.69, 9.17) is 16.2 Å². The van der Waals surface area contributed by atoms with Crippen LogP contribution in [0.4, 0.5) is 0 Å². The molecule has 0 rings (SSSR count). The van der Waals surface area contributed by atoms with Crippen LogP contribution in [0.15, 0.2) is 10.2 Å². The Morgan fingerprint density at radius 2 is 1.60 bits per heavy atom. The lowest BCUT2D eigenvalue weighted by molar-refractivity contribution is 0.407. The van der Waals surface area contributed by atoms with E-state index < -0.39 is 0 Å². The summed E-state index contributed by atoms with van der Waals surface area (Å²) in [5.74, 6) is 0.214. The van der Waals surface area contributed by atoms with Crippen LogP contribution in [0.3, 0.4) is 0 Å².